The summed E-state index contributed by atoms with van der Waals surface area (Å²) in [7, 11) is 0. The van der Waals surface area contributed by atoms with E-state index in [0.717, 1.165) is 25.1 Å². The van der Waals surface area contributed by atoms with Gasteiger partial charge >= 0.3 is 0 Å². The van der Waals surface area contributed by atoms with E-state index in [2.05, 4.69) is 15.0 Å². The van der Waals surface area contributed by atoms with Crippen molar-refractivity contribution in [3.8, 4) is 0 Å². The molecule has 0 radical (unpaired) electrons. The molecule has 0 N–H and O–H groups in total. The molecule has 2 aromatic heterocycles. The van der Waals surface area contributed by atoms with Crippen molar-refractivity contribution in [3.05, 3.63) is 40.9 Å². The predicted molar refractivity (Wildman–Crippen MR) is 80.4 cm³/mol. The fourth-order valence-corrected chi connectivity index (χ4v) is 3.80. The van der Waals surface area contributed by atoms with Crippen LogP contribution < -0.4 is 0 Å². The summed E-state index contributed by atoms with van der Waals surface area (Å²) in [6.45, 7) is 1.42. The van der Waals surface area contributed by atoms with Crippen LogP contribution in [0.25, 0.3) is 0 Å². The molecule has 2 aliphatic rings. The zero-order valence-electron chi connectivity index (χ0n) is 12.0. The summed E-state index contributed by atoms with van der Waals surface area (Å²) in [5.74, 6) is 0.508. The monoisotopic (exact) mass is 316 g/mol. The summed E-state index contributed by atoms with van der Waals surface area (Å²) in [6, 6.07) is 1.90. The highest BCUT2D eigenvalue weighted by Gasteiger charge is 2.41. The van der Waals surface area contributed by atoms with Gasteiger partial charge in [-0.2, -0.15) is 0 Å². The second-order valence-electron chi connectivity index (χ2n) is 5.71. The largest absolute Gasteiger partial charge is 0.367 e. The Morgan fingerprint density at radius 3 is 3.14 bits per heavy atom. The molecule has 3 atom stereocenters. The summed E-state index contributed by atoms with van der Waals surface area (Å²) in [5.41, 5.74) is 3.16. The lowest BCUT2D eigenvalue weighted by Crippen LogP contribution is -2.45. The van der Waals surface area contributed by atoms with Crippen molar-refractivity contribution in [1.29, 1.82) is 0 Å². The number of rotatable bonds is 2. The molecular formula is C15H16N4O2S. The van der Waals surface area contributed by atoms with Crippen molar-refractivity contribution < 1.29 is 9.53 Å². The molecule has 2 fully saturated rings. The van der Waals surface area contributed by atoms with Gasteiger partial charge in [0.25, 0.3) is 5.91 Å². The van der Waals surface area contributed by atoms with E-state index in [1.54, 1.807) is 23.4 Å². The number of aromatic nitrogens is 3. The van der Waals surface area contributed by atoms with Crippen LogP contribution in [0.5, 0.6) is 0 Å². The average molecular weight is 316 g/mol. The van der Waals surface area contributed by atoms with Crippen molar-refractivity contribution in [2.45, 2.75) is 25.0 Å². The Labute approximate surface area is 132 Å². The number of hydrogen-bond donors (Lipinski definition) is 0. The van der Waals surface area contributed by atoms with E-state index in [-0.39, 0.29) is 18.1 Å². The van der Waals surface area contributed by atoms with Gasteiger partial charge in [-0.3, -0.25) is 4.79 Å². The quantitative estimate of drug-likeness (QED) is 0.847. The SMILES string of the molecule is O=C(c1cscn1)N1CC[C@H]2C[C@@H](c3ccncn3)O[C@@H]2C1. The van der Waals surface area contributed by atoms with Crippen LogP contribution in [-0.4, -0.2) is 45.0 Å². The third kappa shape index (κ3) is 2.50. The number of carbonyl (C=O) groups excluding carboxylic acids is 1. The van der Waals surface area contributed by atoms with Gasteiger partial charge in [0, 0.05) is 24.7 Å². The molecule has 2 saturated heterocycles. The van der Waals surface area contributed by atoms with Crippen molar-refractivity contribution in [1.82, 2.24) is 19.9 Å². The Morgan fingerprint density at radius 2 is 2.36 bits per heavy atom. The fraction of sp³-hybridized carbons (Fsp3) is 0.467. The molecule has 0 spiro atoms. The zero-order valence-corrected chi connectivity index (χ0v) is 12.8. The first kappa shape index (κ1) is 13.8. The van der Waals surface area contributed by atoms with Crippen molar-refractivity contribution in [2.24, 2.45) is 5.92 Å². The Kier molecular flexibility index (Phi) is 3.59. The van der Waals surface area contributed by atoms with Gasteiger partial charge in [-0.25, -0.2) is 15.0 Å². The van der Waals surface area contributed by atoms with E-state index in [1.807, 2.05) is 11.0 Å². The highest BCUT2D eigenvalue weighted by molar-refractivity contribution is 7.07. The number of thiazole rings is 1. The smallest absolute Gasteiger partial charge is 0.273 e. The van der Waals surface area contributed by atoms with E-state index in [0.29, 0.717) is 18.2 Å². The normalized spacial score (nSPS) is 27.6. The molecule has 2 aliphatic heterocycles. The van der Waals surface area contributed by atoms with Crippen LogP contribution in [0.15, 0.2) is 29.5 Å². The minimum Gasteiger partial charge on any atom is -0.367 e. The van der Waals surface area contributed by atoms with E-state index in [4.69, 9.17) is 4.74 Å². The summed E-state index contributed by atoms with van der Waals surface area (Å²) < 4.78 is 6.15. The number of fused-ring (bicyclic) bond motifs is 1. The molecule has 0 aromatic carbocycles. The Balaban J connectivity index is 1.45. The first-order chi connectivity index (χ1) is 10.8. The number of nitrogens with zero attached hydrogens (tertiary/aromatic N) is 4. The topological polar surface area (TPSA) is 68.2 Å². The van der Waals surface area contributed by atoms with E-state index in [9.17, 15) is 4.79 Å². The summed E-state index contributed by atoms with van der Waals surface area (Å²) in [6.07, 6.45) is 5.36. The predicted octanol–water partition coefficient (Wildman–Crippen LogP) is 1.93. The van der Waals surface area contributed by atoms with Gasteiger partial charge in [0.05, 0.1) is 17.3 Å². The maximum atomic E-state index is 12.4. The molecule has 4 rings (SSSR count). The highest BCUT2D eigenvalue weighted by atomic mass is 32.1. The van der Waals surface area contributed by atoms with E-state index >= 15 is 0 Å². The molecule has 114 valence electrons. The van der Waals surface area contributed by atoms with Crippen LogP contribution in [0.3, 0.4) is 0 Å². The molecule has 4 heterocycles. The average Bonchev–Trinajstić information content (AvgIpc) is 3.23. The van der Waals surface area contributed by atoms with Crippen LogP contribution in [0.2, 0.25) is 0 Å². The van der Waals surface area contributed by atoms with Gasteiger partial charge in [-0.1, -0.05) is 0 Å². The van der Waals surface area contributed by atoms with E-state index in [1.165, 1.54) is 11.3 Å². The maximum Gasteiger partial charge on any atom is 0.273 e. The number of likely N-dealkylation sites (tertiary alicyclic amines) is 1. The minimum atomic E-state index is 0.00814. The molecule has 0 unspecified atom stereocenters. The number of piperidine rings is 1. The van der Waals surface area contributed by atoms with E-state index < -0.39 is 0 Å². The Morgan fingerprint density at radius 1 is 1.41 bits per heavy atom. The highest BCUT2D eigenvalue weighted by Crippen LogP contribution is 2.40. The number of ether oxygens (including phenoxy) is 1. The fourth-order valence-electron chi connectivity index (χ4n) is 3.28. The summed E-state index contributed by atoms with van der Waals surface area (Å²) >= 11 is 1.44. The third-order valence-corrected chi connectivity index (χ3v) is 5.01. The van der Waals surface area contributed by atoms with Crippen LogP contribution >= 0.6 is 11.3 Å². The second kappa shape index (κ2) is 5.73. The zero-order chi connectivity index (χ0) is 14.9. The van der Waals surface area contributed by atoms with Crippen molar-refractivity contribution >= 4 is 17.2 Å². The summed E-state index contributed by atoms with van der Waals surface area (Å²) in [5, 5.41) is 1.80. The van der Waals surface area contributed by atoms with Gasteiger partial charge in [-0.15, -0.1) is 11.3 Å². The first-order valence-electron chi connectivity index (χ1n) is 7.40. The molecule has 0 aliphatic carbocycles. The molecule has 1 amide bonds. The van der Waals surface area contributed by atoms with Crippen molar-refractivity contribution in [2.75, 3.05) is 13.1 Å². The molecule has 7 heteroatoms. The minimum absolute atomic E-state index is 0.00814. The maximum absolute atomic E-state index is 12.4. The molecule has 0 saturated carbocycles. The first-order valence-corrected chi connectivity index (χ1v) is 8.34. The van der Waals surface area contributed by atoms with Crippen LogP contribution in [0, 0.1) is 5.92 Å². The van der Waals surface area contributed by atoms with Crippen LogP contribution in [0.4, 0.5) is 0 Å². The van der Waals surface area contributed by atoms with Gasteiger partial charge < -0.3 is 9.64 Å². The van der Waals surface area contributed by atoms with Gasteiger partial charge in [0.15, 0.2) is 0 Å². The van der Waals surface area contributed by atoms with Gasteiger partial charge in [0.2, 0.25) is 0 Å². The molecule has 6 nitrogen and oxygen atoms in total. The van der Waals surface area contributed by atoms with Gasteiger partial charge in [0.1, 0.15) is 18.1 Å². The van der Waals surface area contributed by atoms with Crippen LogP contribution in [-0.2, 0) is 4.74 Å². The van der Waals surface area contributed by atoms with Crippen LogP contribution in [0.1, 0.15) is 35.1 Å². The molecule has 2 aromatic rings. The third-order valence-electron chi connectivity index (χ3n) is 4.43. The lowest BCUT2D eigenvalue weighted by Gasteiger charge is -2.33. The molecule has 0 bridgehead atoms. The lowest BCUT2D eigenvalue weighted by atomic mass is 9.91. The number of hydrogen-bond acceptors (Lipinski definition) is 6. The number of carbonyl (C=O) groups is 1. The standard InChI is InChI=1S/C15H16N4O2S/c20-15(12-7-22-9-18-12)19-4-2-10-5-13(21-14(10)6-19)11-1-3-16-8-17-11/h1,3,7-10,13-14H,2,4-6H2/t10-,13-,14+/m0/s1. The Bertz CT molecular complexity index is 649. The second-order valence-corrected chi connectivity index (χ2v) is 6.43. The number of amides is 1. The lowest BCUT2D eigenvalue weighted by molar-refractivity contribution is -0.00578. The van der Waals surface area contributed by atoms with Gasteiger partial charge in [-0.05, 0) is 24.8 Å². The Hall–Kier alpha value is -1.86. The van der Waals surface area contributed by atoms with Crippen molar-refractivity contribution in [3.63, 3.8) is 0 Å². The molecular weight excluding hydrogens is 300 g/mol. The summed E-state index contributed by atoms with van der Waals surface area (Å²) in [4.78, 5) is 26.6. The molecule has 22 heavy (non-hydrogen) atoms.